The molecule has 216 valence electrons. The minimum atomic E-state index is -1.77. The van der Waals surface area contributed by atoms with E-state index in [1.54, 1.807) is 13.8 Å². The monoisotopic (exact) mass is 594 g/mol. The van der Waals surface area contributed by atoms with Crippen LogP contribution in [0, 0.1) is 28.6 Å². The molecule has 4 aliphatic rings. The molecule has 0 radical (unpaired) electrons. The molecule has 0 aromatic heterocycles. The summed E-state index contributed by atoms with van der Waals surface area (Å²) < 4.78 is 42.9. The molecule has 40 heavy (non-hydrogen) atoms. The molecule has 5 nitrogen and oxygen atoms in total. The van der Waals surface area contributed by atoms with Crippen molar-refractivity contribution < 1.29 is 32.6 Å². The molecule has 0 unspecified atom stereocenters. The second kappa shape index (κ2) is 9.94. The Kier molecular flexibility index (Phi) is 7.27. The van der Waals surface area contributed by atoms with Crippen LogP contribution in [0.3, 0.4) is 0 Å². The third-order valence-corrected chi connectivity index (χ3v) is 11.8. The van der Waals surface area contributed by atoms with Crippen LogP contribution in [0.25, 0.3) is 0 Å². The SMILES string of the molecule is CCC(=O)O[C@]1(C(=O)OCc2ccccc2)[C@@H](C)C[C@H]2[C@@H]3C[C@H](F)C4=C(F)C(=O)C=C[C@]4(C)[C@@]3(Cl)[C@@H](Cl)C[C@@]21C. The fourth-order valence-corrected chi connectivity index (χ4v) is 9.52. The van der Waals surface area contributed by atoms with E-state index in [1.165, 1.54) is 6.08 Å². The van der Waals surface area contributed by atoms with Crippen LogP contribution in [0.15, 0.2) is 53.9 Å². The first-order valence-corrected chi connectivity index (χ1v) is 14.6. The fourth-order valence-electron chi connectivity index (χ4n) is 8.33. The van der Waals surface area contributed by atoms with E-state index >= 15 is 8.78 Å². The molecular weight excluding hydrogens is 561 g/mol. The number of carbonyl (C=O) groups excluding carboxylic acids is 3. The highest BCUT2D eigenvalue weighted by Gasteiger charge is 2.78. The van der Waals surface area contributed by atoms with Crippen LogP contribution >= 0.6 is 23.2 Å². The minimum Gasteiger partial charge on any atom is -0.458 e. The first-order chi connectivity index (χ1) is 18.8. The van der Waals surface area contributed by atoms with Crippen molar-refractivity contribution in [1.82, 2.24) is 0 Å². The lowest BCUT2D eigenvalue weighted by Crippen LogP contribution is -2.69. The number of allylic oxidation sites excluding steroid dienone is 4. The molecule has 5 rings (SSSR count). The maximum Gasteiger partial charge on any atom is 0.351 e. The molecule has 1 aromatic rings. The van der Waals surface area contributed by atoms with Gasteiger partial charge in [-0.1, -0.05) is 64.1 Å². The summed E-state index contributed by atoms with van der Waals surface area (Å²) in [5.41, 5.74) is -3.59. The van der Waals surface area contributed by atoms with Gasteiger partial charge in [-0.25, -0.2) is 13.6 Å². The standard InChI is InChI=1S/C31H34Cl2F2O5/c1-5-24(37)40-31(27(38)39-16-18-9-7-6-8-10-18)17(2)13-19-20-14-21(34)25-26(35)22(36)11-12-28(25,3)30(20,33)23(32)15-29(19,31)4/h6-12,17,19-21,23H,5,13-16H2,1-4H3/t17-,19-,20-,21-,23-,28-,29-,30-,31-/m0/s1. The lowest BCUT2D eigenvalue weighted by molar-refractivity contribution is -0.211. The van der Waals surface area contributed by atoms with Crippen LogP contribution in [0.4, 0.5) is 8.78 Å². The maximum absolute atomic E-state index is 15.9. The lowest BCUT2D eigenvalue weighted by Gasteiger charge is -2.64. The smallest absolute Gasteiger partial charge is 0.351 e. The second-order valence-electron chi connectivity index (χ2n) is 12.2. The van der Waals surface area contributed by atoms with Gasteiger partial charge in [0.05, 0.1) is 10.3 Å². The van der Waals surface area contributed by atoms with Gasteiger partial charge in [-0.05, 0) is 42.7 Å². The van der Waals surface area contributed by atoms with Crippen molar-refractivity contribution in [2.45, 2.75) is 82.0 Å². The van der Waals surface area contributed by atoms with Gasteiger partial charge in [0.1, 0.15) is 12.8 Å². The fraction of sp³-hybridized carbons (Fsp3) is 0.581. The molecule has 0 heterocycles. The van der Waals surface area contributed by atoms with E-state index in [2.05, 4.69) is 0 Å². The average molecular weight is 596 g/mol. The van der Waals surface area contributed by atoms with Crippen LogP contribution in [0.1, 0.15) is 58.9 Å². The number of hydrogen-bond donors (Lipinski definition) is 0. The summed E-state index contributed by atoms with van der Waals surface area (Å²) in [5.74, 6) is -4.75. The van der Waals surface area contributed by atoms with Gasteiger partial charge in [0.2, 0.25) is 11.4 Å². The van der Waals surface area contributed by atoms with Crippen molar-refractivity contribution in [3.63, 3.8) is 0 Å². The highest BCUT2D eigenvalue weighted by Crippen LogP contribution is 2.73. The summed E-state index contributed by atoms with van der Waals surface area (Å²) in [6.45, 7) is 6.95. The third kappa shape index (κ3) is 3.79. The third-order valence-electron chi connectivity index (χ3n) is 10.3. The Labute approximate surface area is 243 Å². The highest BCUT2D eigenvalue weighted by atomic mass is 35.5. The van der Waals surface area contributed by atoms with E-state index in [0.717, 1.165) is 11.6 Å². The normalized spacial score (nSPS) is 42.1. The first kappa shape index (κ1) is 29.2. The largest absolute Gasteiger partial charge is 0.458 e. The molecule has 0 spiro atoms. The Morgan fingerprint density at radius 1 is 1.12 bits per heavy atom. The second-order valence-corrected chi connectivity index (χ2v) is 13.3. The number of rotatable bonds is 5. The molecule has 0 bridgehead atoms. The van der Waals surface area contributed by atoms with Crippen LogP contribution < -0.4 is 0 Å². The molecule has 3 fully saturated rings. The van der Waals surface area contributed by atoms with E-state index in [0.29, 0.717) is 6.42 Å². The topological polar surface area (TPSA) is 69.7 Å². The average Bonchev–Trinajstić information content (AvgIpc) is 3.14. The van der Waals surface area contributed by atoms with E-state index in [-0.39, 0.29) is 31.4 Å². The number of carbonyl (C=O) groups is 3. The van der Waals surface area contributed by atoms with Gasteiger partial charge in [-0.3, -0.25) is 9.59 Å². The van der Waals surface area contributed by atoms with Gasteiger partial charge in [-0.15, -0.1) is 23.2 Å². The molecule has 3 saturated carbocycles. The number of benzene rings is 1. The number of ether oxygens (including phenoxy) is 2. The predicted octanol–water partition coefficient (Wildman–Crippen LogP) is 6.80. The van der Waals surface area contributed by atoms with E-state index < -0.39 is 74.2 Å². The van der Waals surface area contributed by atoms with Crippen LogP contribution in [-0.2, 0) is 30.5 Å². The maximum atomic E-state index is 15.9. The summed E-state index contributed by atoms with van der Waals surface area (Å²) in [6, 6.07) is 9.18. The summed E-state index contributed by atoms with van der Waals surface area (Å²) in [6.07, 6.45) is 1.21. The quantitative estimate of drug-likeness (QED) is 0.277. The van der Waals surface area contributed by atoms with E-state index in [1.807, 2.05) is 44.2 Å². The molecule has 0 amide bonds. The van der Waals surface area contributed by atoms with Gasteiger partial charge >= 0.3 is 11.9 Å². The zero-order valence-electron chi connectivity index (χ0n) is 23.0. The summed E-state index contributed by atoms with van der Waals surface area (Å²) in [7, 11) is 0. The van der Waals surface area contributed by atoms with Gasteiger partial charge in [-0.2, -0.15) is 0 Å². The molecular formula is C31H34Cl2F2O5. The van der Waals surface area contributed by atoms with Crippen LogP contribution in [0.5, 0.6) is 0 Å². The Morgan fingerprint density at radius 3 is 2.45 bits per heavy atom. The number of alkyl halides is 3. The van der Waals surface area contributed by atoms with E-state index in [9.17, 15) is 14.4 Å². The Balaban J connectivity index is 1.60. The van der Waals surface area contributed by atoms with Crippen molar-refractivity contribution in [2.75, 3.05) is 0 Å². The number of esters is 2. The molecule has 1 aromatic carbocycles. The van der Waals surface area contributed by atoms with Crippen molar-refractivity contribution in [2.24, 2.45) is 28.6 Å². The minimum absolute atomic E-state index is 0.0113. The molecule has 0 N–H and O–H groups in total. The van der Waals surface area contributed by atoms with Crippen molar-refractivity contribution in [1.29, 1.82) is 0 Å². The summed E-state index contributed by atoms with van der Waals surface area (Å²) >= 11 is 14.6. The lowest BCUT2D eigenvalue weighted by atomic mass is 9.46. The van der Waals surface area contributed by atoms with Crippen molar-refractivity contribution in [3.8, 4) is 0 Å². The number of ketones is 1. The molecule has 0 saturated heterocycles. The van der Waals surface area contributed by atoms with Gasteiger partial charge < -0.3 is 9.47 Å². The molecule has 9 heteroatoms. The van der Waals surface area contributed by atoms with Crippen molar-refractivity contribution >= 4 is 40.9 Å². The Bertz CT molecular complexity index is 1300. The predicted molar refractivity (Wildman–Crippen MR) is 147 cm³/mol. The zero-order valence-corrected chi connectivity index (χ0v) is 24.5. The summed E-state index contributed by atoms with van der Waals surface area (Å²) in [4.78, 5) is 37.7. The van der Waals surface area contributed by atoms with Crippen LogP contribution in [-0.4, -0.2) is 39.7 Å². The van der Waals surface area contributed by atoms with E-state index in [4.69, 9.17) is 32.7 Å². The van der Waals surface area contributed by atoms with Gasteiger partial charge in [0.25, 0.3) is 0 Å². The number of hydrogen-bond acceptors (Lipinski definition) is 5. The zero-order chi connectivity index (χ0) is 29.3. The molecule has 9 atom stereocenters. The Morgan fingerprint density at radius 2 is 1.80 bits per heavy atom. The molecule has 0 aliphatic heterocycles. The first-order valence-electron chi connectivity index (χ1n) is 13.8. The number of fused-ring (bicyclic) bond motifs is 5. The molecule has 4 aliphatic carbocycles. The van der Waals surface area contributed by atoms with Gasteiger partial charge in [0, 0.05) is 28.7 Å². The van der Waals surface area contributed by atoms with Gasteiger partial charge in [0.15, 0.2) is 5.83 Å². The highest BCUT2D eigenvalue weighted by molar-refractivity contribution is 6.34. The Hall–Kier alpha value is -2.25. The number of halogens is 4. The van der Waals surface area contributed by atoms with Crippen molar-refractivity contribution in [3.05, 3.63) is 59.4 Å². The summed E-state index contributed by atoms with van der Waals surface area (Å²) in [5, 5.41) is -0.884. The van der Waals surface area contributed by atoms with Crippen LogP contribution in [0.2, 0.25) is 0 Å².